The van der Waals surface area contributed by atoms with Gasteiger partial charge in [-0.2, -0.15) is 0 Å². The van der Waals surface area contributed by atoms with Gasteiger partial charge in [0.25, 0.3) is 0 Å². The number of hydrogen-bond donors (Lipinski definition) is 3. The molecule has 0 atom stereocenters. The molecule has 184 valence electrons. The number of amides is 2. The van der Waals surface area contributed by atoms with Crippen LogP contribution in [-0.2, 0) is 14.3 Å². The van der Waals surface area contributed by atoms with Gasteiger partial charge in [-0.1, -0.05) is 73.9 Å². The Bertz CT molecular complexity index is 1060. The van der Waals surface area contributed by atoms with Crippen molar-refractivity contribution in [1.29, 1.82) is 0 Å². The molecule has 0 bridgehead atoms. The Morgan fingerprint density at radius 3 is 2.20 bits per heavy atom. The van der Waals surface area contributed by atoms with Crippen molar-refractivity contribution in [2.24, 2.45) is 5.41 Å². The molecule has 2 aromatic carbocycles. The van der Waals surface area contributed by atoms with Crippen molar-refractivity contribution in [1.82, 2.24) is 10.6 Å². The van der Waals surface area contributed by atoms with E-state index in [-0.39, 0.29) is 36.8 Å². The molecule has 2 aliphatic carbocycles. The van der Waals surface area contributed by atoms with Gasteiger partial charge in [0.05, 0.1) is 6.42 Å². The second-order valence-electron chi connectivity index (χ2n) is 9.46. The lowest BCUT2D eigenvalue weighted by Gasteiger charge is -2.36. The lowest BCUT2D eigenvalue weighted by Crippen LogP contribution is -2.40. The van der Waals surface area contributed by atoms with Gasteiger partial charge in [-0.3, -0.25) is 9.59 Å². The summed E-state index contributed by atoms with van der Waals surface area (Å²) in [6, 6.07) is 16.3. The van der Waals surface area contributed by atoms with Crippen LogP contribution in [0.4, 0.5) is 4.79 Å². The van der Waals surface area contributed by atoms with E-state index in [1.165, 1.54) is 17.2 Å². The minimum absolute atomic E-state index is 0.00706. The first-order valence-electron chi connectivity index (χ1n) is 12.2. The quantitative estimate of drug-likeness (QED) is 0.458. The van der Waals surface area contributed by atoms with E-state index in [0.29, 0.717) is 6.54 Å². The average molecular weight is 477 g/mol. The van der Waals surface area contributed by atoms with E-state index in [9.17, 15) is 19.5 Å². The van der Waals surface area contributed by atoms with Crippen LogP contribution in [0.5, 0.6) is 0 Å². The molecule has 0 spiro atoms. The maximum atomic E-state index is 12.2. The highest BCUT2D eigenvalue weighted by Gasteiger charge is 2.34. The van der Waals surface area contributed by atoms with Crippen LogP contribution < -0.4 is 10.6 Å². The summed E-state index contributed by atoms with van der Waals surface area (Å²) in [7, 11) is 0. The van der Waals surface area contributed by atoms with E-state index >= 15 is 0 Å². The van der Waals surface area contributed by atoms with Gasteiger partial charge in [-0.05, 0) is 40.5 Å². The predicted octanol–water partition coefficient (Wildman–Crippen LogP) is 4.62. The number of carbonyl (C=O) groups excluding carboxylic acids is 2. The zero-order valence-electron chi connectivity index (χ0n) is 19.8. The van der Waals surface area contributed by atoms with Crippen molar-refractivity contribution in [2.75, 3.05) is 19.7 Å². The summed E-state index contributed by atoms with van der Waals surface area (Å²) < 4.78 is 5.48. The monoisotopic (exact) mass is 476 g/mol. The third-order valence-corrected chi connectivity index (χ3v) is 7.06. The van der Waals surface area contributed by atoms with Gasteiger partial charge in [-0.15, -0.1) is 0 Å². The molecule has 0 aromatic heterocycles. The van der Waals surface area contributed by atoms with Crippen LogP contribution in [0.25, 0.3) is 11.1 Å². The minimum atomic E-state index is -0.830. The standard InChI is InChI=1S/C28H32N2O5/c31-25(30-19-28(17-26(32)33)14-6-1-7-15-28)13-8-16-29-27(34)35-18-24-22-11-4-2-9-20(22)21-10-3-5-12-23(21)24/h2-5,8-13,24H,1,6-7,14-19H2,(H,29,34)(H,30,31)(H,32,33)/b13-8+. The molecule has 7 heteroatoms. The molecule has 0 aliphatic heterocycles. The first kappa shape index (κ1) is 24.5. The van der Waals surface area contributed by atoms with Gasteiger partial charge in [0.15, 0.2) is 0 Å². The Hall–Kier alpha value is -3.61. The third kappa shape index (κ3) is 6.10. The summed E-state index contributed by atoms with van der Waals surface area (Å²) in [6.45, 7) is 0.738. The molecule has 0 heterocycles. The molecule has 0 unspecified atom stereocenters. The zero-order valence-corrected chi connectivity index (χ0v) is 19.8. The Labute approximate surface area is 205 Å². The van der Waals surface area contributed by atoms with Crippen molar-refractivity contribution in [3.63, 3.8) is 0 Å². The lowest BCUT2D eigenvalue weighted by molar-refractivity contribution is -0.140. The molecule has 35 heavy (non-hydrogen) atoms. The van der Waals surface area contributed by atoms with E-state index in [4.69, 9.17) is 4.74 Å². The fourth-order valence-electron chi connectivity index (χ4n) is 5.33. The Balaban J connectivity index is 1.21. The molecule has 7 nitrogen and oxygen atoms in total. The van der Waals surface area contributed by atoms with Gasteiger partial charge in [0.2, 0.25) is 5.91 Å². The highest BCUT2D eigenvalue weighted by Crippen LogP contribution is 2.44. The van der Waals surface area contributed by atoms with Gasteiger partial charge in [-0.25, -0.2) is 4.79 Å². The van der Waals surface area contributed by atoms with Crippen molar-refractivity contribution >= 4 is 18.0 Å². The summed E-state index contributed by atoms with van der Waals surface area (Å²) in [4.78, 5) is 35.7. The largest absolute Gasteiger partial charge is 0.481 e. The van der Waals surface area contributed by atoms with Crippen LogP contribution in [0.3, 0.4) is 0 Å². The Morgan fingerprint density at radius 2 is 1.57 bits per heavy atom. The number of aliphatic carboxylic acids is 1. The van der Waals surface area contributed by atoms with Crippen molar-refractivity contribution in [3.05, 3.63) is 71.8 Å². The van der Waals surface area contributed by atoms with Crippen LogP contribution in [0.15, 0.2) is 60.7 Å². The lowest BCUT2D eigenvalue weighted by atomic mass is 9.71. The number of rotatable bonds is 9. The van der Waals surface area contributed by atoms with E-state index in [2.05, 4.69) is 34.9 Å². The van der Waals surface area contributed by atoms with Crippen LogP contribution in [-0.4, -0.2) is 42.8 Å². The van der Waals surface area contributed by atoms with E-state index < -0.39 is 12.1 Å². The minimum Gasteiger partial charge on any atom is -0.481 e. The second kappa shape index (κ2) is 11.2. The number of hydrogen-bond acceptors (Lipinski definition) is 4. The summed E-state index contributed by atoms with van der Waals surface area (Å²) in [5.41, 5.74) is 4.27. The van der Waals surface area contributed by atoms with Crippen LogP contribution in [0.1, 0.15) is 55.6 Å². The highest BCUT2D eigenvalue weighted by molar-refractivity contribution is 5.87. The number of alkyl carbamates (subject to hydrolysis) is 1. The first-order valence-corrected chi connectivity index (χ1v) is 12.2. The van der Waals surface area contributed by atoms with Gasteiger partial charge >= 0.3 is 12.1 Å². The van der Waals surface area contributed by atoms with E-state index in [1.54, 1.807) is 6.08 Å². The predicted molar refractivity (Wildman–Crippen MR) is 133 cm³/mol. The average Bonchev–Trinajstić information content (AvgIpc) is 3.18. The van der Waals surface area contributed by atoms with Gasteiger partial charge < -0.3 is 20.5 Å². The molecule has 4 rings (SSSR count). The smallest absolute Gasteiger partial charge is 0.407 e. The normalized spacial score (nSPS) is 16.3. The summed E-state index contributed by atoms with van der Waals surface area (Å²) in [6.07, 6.45) is 7.16. The Morgan fingerprint density at radius 1 is 0.943 bits per heavy atom. The number of carboxylic acid groups (broad SMARTS) is 1. The van der Waals surface area contributed by atoms with Crippen molar-refractivity contribution in [3.8, 4) is 11.1 Å². The summed E-state index contributed by atoms with van der Waals surface area (Å²) in [5.74, 6) is -1.13. The maximum Gasteiger partial charge on any atom is 0.407 e. The molecule has 1 saturated carbocycles. The molecular formula is C28H32N2O5. The number of carbonyl (C=O) groups is 3. The summed E-state index contributed by atoms with van der Waals surface area (Å²) in [5, 5.41) is 14.7. The fraction of sp³-hybridized carbons (Fsp3) is 0.393. The zero-order chi connectivity index (χ0) is 24.7. The van der Waals surface area contributed by atoms with E-state index in [1.807, 2.05) is 24.3 Å². The number of benzene rings is 2. The fourth-order valence-corrected chi connectivity index (χ4v) is 5.33. The molecular weight excluding hydrogens is 444 g/mol. The number of nitrogens with one attached hydrogen (secondary N) is 2. The highest BCUT2D eigenvalue weighted by atomic mass is 16.5. The van der Waals surface area contributed by atoms with Gasteiger partial charge in [0, 0.05) is 25.1 Å². The summed E-state index contributed by atoms with van der Waals surface area (Å²) >= 11 is 0. The molecule has 0 saturated heterocycles. The van der Waals surface area contributed by atoms with Crippen molar-refractivity contribution < 1.29 is 24.2 Å². The van der Waals surface area contributed by atoms with E-state index in [0.717, 1.165) is 43.2 Å². The second-order valence-corrected chi connectivity index (χ2v) is 9.46. The number of ether oxygens (including phenoxy) is 1. The maximum absolute atomic E-state index is 12.2. The third-order valence-electron chi connectivity index (χ3n) is 7.06. The molecule has 2 aromatic rings. The van der Waals surface area contributed by atoms with Crippen LogP contribution in [0, 0.1) is 5.41 Å². The Kier molecular flexibility index (Phi) is 7.85. The van der Waals surface area contributed by atoms with Crippen LogP contribution >= 0.6 is 0 Å². The topological polar surface area (TPSA) is 105 Å². The molecule has 2 amide bonds. The number of carboxylic acids is 1. The number of fused-ring (bicyclic) bond motifs is 3. The molecule has 3 N–H and O–H groups in total. The molecule has 1 fully saturated rings. The molecule has 0 radical (unpaired) electrons. The van der Waals surface area contributed by atoms with Crippen molar-refractivity contribution in [2.45, 2.75) is 44.4 Å². The van der Waals surface area contributed by atoms with Crippen LogP contribution in [0.2, 0.25) is 0 Å². The molecule has 2 aliphatic rings. The first-order chi connectivity index (χ1) is 17.0. The SMILES string of the molecule is O=C(O)CC1(CNC(=O)/C=C/CNC(=O)OCC2c3ccccc3-c3ccccc32)CCCCC1. The van der Waals surface area contributed by atoms with Gasteiger partial charge in [0.1, 0.15) is 6.61 Å².